The Bertz CT molecular complexity index is 784. The van der Waals surface area contributed by atoms with Crippen LogP contribution in [0.2, 0.25) is 0 Å². The van der Waals surface area contributed by atoms with Gasteiger partial charge in [-0.25, -0.2) is 4.57 Å². The van der Waals surface area contributed by atoms with Gasteiger partial charge in [-0.2, -0.15) is 0 Å². The molecule has 116 valence electrons. The molecule has 0 spiro atoms. The summed E-state index contributed by atoms with van der Waals surface area (Å²) in [5.41, 5.74) is 1.83. The molecule has 1 aromatic heterocycles. The number of azo groups is 1. The summed E-state index contributed by atoms with van der Waals surface area (Å²) in [5.74, 6) is 0.467. The van der Waals surface area contributed by atoms with Crippen LogP contribution in [0.3, 0.4) is 0 Å². The van der Waals surface area contributed by atoms with Crippen molar-refractivity contribution in [2.75, 3.05) is 18.0 Å². The number of rotatable bonds is 5. The Morgan fingerprint density at radius 3 is 2.22 bits per heavy atom. The Hall–Kier alpha value is -3.19. The summed E-state index contributed by atoms with van der Waals surface area (Å²) >= 11 is 0. The van der Waals surface area contributed by atoms with Gasteiger partial charge in [0.25, 0.3) is 11.6 Å². The average Bonchev–Trinajstić information content (AvgIpc) is 2.90. The maximum Gasteiger partial charge on any atom is 0.416 e. The highest BCUT2D eigenvalue weighted by molar-refractivity contribution is 5.65. The maximum atomic E-state index is 7.08. The largest absolute Gasteiger partial charge is 0.416 e. The van der Waals surface area contributed by atoms with Crippen LogP contribution in [-0.2, 0) is 7.05 Å². The average molecular weight is 307 g/mol. The Balaban J connectivity index is 2.23. The van der Waals surface area contributed by atoms with Crippen LogP contribution in [0, 0.1) is 13.1 Å². The fourth-order valence-electron chi connectivity index (χ4n) is 2.18. The van der Waals surface area contributed by atoms with Gasteiger partial charge >= 0.3 is 5.95 Å². The molecule has 0 bridgehead atoms. The summed E-state index contributed by atoms with van der Waals surface area (Å²) in [5, 5.41) is 8.17. The molecule has 0 atom stereocenters. The van der Waals surface area contributed by atoms with E-state index in [4.69, 9.17) is 13.1 Å². The van der Waals surface area contributed by atoms with Crippen LogP contribution in [0.4, 0.5) is 29.0 Å². The monoisotopic (exact) mass is 307 g/mol. The lowest BCUT2D eigenvalue weighted by Gasteiger charge is -2.20. The van der Waals surface area contributed by atoms with E-state index in [0.29, 0.717) is 5.69 Å². The Labute approximate surface area is 135 Å². The van der Waals surface area contributed by atoms with Gasteiger partial charge in [-0.15, -0.1) is 5.11 Å². The summed E-state index contributed by atoms with van der Waals surface area (Å²) < 4.78 is 1.47. The maximum absolute atomic E-state index is 7.08. The van der Waals surface area contributed by atoms with Crippen LogP contribution in [0.15, 0.2) is 34.5 Å². The zero-order valence-corrected chi connectivity index (χ0v) is 13.4. The minimum Gasteiger partial charge on any atom is -0.373 e. The highest BCUT2D eigenvalue weighted by Crippen LogP contribution is 2.32. The highest BCUT2D eigenvalue weighted by atomic mass is 15.3. The van der Waals surface area contributed by atoms with E-state index in [1.54, 1.807) is 7.05 Å². The summed E-state index contributed by atoms with van der Waals surface area (Å²) in [7, 11) is 1.65. The first-order chi connectivity index (χ1) is 11.1. The minimum atomic E-state index is 0.0494. The molecule has 0 aliphatic heterocycles. The number of anilines is 1. The predicted molar refractivity (Wildman–Crippen MR) is 89.9 cm³/mol. The molecule has 1 heterocycles. The van der Waals surface area contributed by atoms with Gasteiger partial charge in [0, 0.05) is 18.8 Å². The standard InChI is InChI=1S/C16H17N7/c1-6-23(7-2)13-10-8-12(9-11-13)20-21-16-19-14(17-3)15(18-4)22(16)5/h8-11H,6-7H2,1-2,5H3. The molecule has 2 aromatic rings. The second kappa shape index (κ2) is 7.19. The van der Waals surface area contributed by atoms with E-state index in [1.165, 1.54) is 4.57 Å². The van der Waals surface area contributed by atoms with Gasteiger partial charge in [0.15, 0.2) is 0 Å². The number of hydrogen-bond acceptors (Lipinski definition) is 4. The van der Waals surface area contributed by atoms with E-state index < -0.39 is 0 Å². The Morgan fingerprint density at radius 1 is 1.09 bits per heavy atom. The predicted octanol–water partition coefficient (Wildman–Crippen LogP) is 4.78. The molecular formula is C16H17N7. The third-order valence-electron chi connectivity index (χ3n) is 3.47. The summed E-state index contributed by atoms with van der Waals surface area (Å²) in [6, 6.07) is 7.75. The summed E-state index contributed by atoms with van der Waals surface area (Å²) in [6.07, 6.45) is 0. The zero-order valence-electron chi connectivity index (χ0n) is 13.4. The molecule has 1 aromatic carbocycles. The molecule has 0 saturated carbocycles. The molecule has 0 saturated heterocycles. The van der Waals surface area contributed by atoms with Crippen molar-refractivity contribution in [3.63, 3.8) is 0 Å². The fraction of sp³-hybridized carbons (Fsp3) is 0.312. The van der Waals surface area contributed by atoms with Crippen molar-refractivity contribution in [3.8, 4) is 0 Å². The van der Waals surface area contributed by atoms with Crippen LogP contribution in [0.5, 0.6) is 0 Å². The molecule has 0 fully saturated rings. The molecular weight excluding hydrogens is 290 g/mol. The molecule has 0 amide bonds. The quantitative estimate of drug-likeness (QED) is 0.589. The van der Waals surface area contributed by atoms with E-state index in [9.17, 15) is 0 Å². The summed E-state index contributed by atoms with van der Waals surface area (Å²) in [4.78, 5) is 12.8. The van der Waals surface area contributed by atoms with E-state index in [1.807, 2.05) is 24.3 Å². The van der Waals surface area contributed by atoms with Gasteiger partial charge in [0.05, 0.1) is 12.7 Å². The van der Waals surface area contributed by atoms with E-state index in [-0.39, 0.29) is 17.6 Å². The fourth-order valence-corrected chi connectivity index (χ4v) is 2.18. The van der Waals surface area contributed by atoms with Crippen LogP contribution in [-0.4, -0.2) is 22.6 Å². The van der Waals surface area contributed by atoms with Crippen LogP contribution < -0.4 is 4.90 Å². The van der Waals surface area contributed by atoms with Gasteiger partial charge in [0.2, 0.25) is 0 Å². The highest BCUT2D eigenvalue weighted by Gasteiger charge is 2.18. The van der Waals surface area contributed by atoms with Gasteiger partial charge in [-0.1, -0.05) is 23.2 Å². The van der Waals surface area contributed by atoms with Crippen molar-refractivity contribution in [2.45, 2.75) is 13.8 Å². The van der Waals surface area contributed by atoms with Gasteiger partial charge in [-0.3, -0.25) is 0 Å². The van der Waals surface area contributed by atoms with E-state index >= 15 is 0 Å². The number of imidazole rings is 1. The molecule has 0 N–H and O–H groups in total. The minimum absolute atomic E-state index is 0.0494. The molecule has 2 rings (SSSR count). The van der Waals surface area contributed by atoms with Gasteiger partial charge in [-0.05, 0) is 38.1 Å². The lowest BCUT2D eigenvalue weighted by molar-refractivity contribution is 0.866. The van der Waals surface area contributed by atoms with Crippen LogP contribution >= 0.6 is 0 Å². The molecule has 0 radical (unpaired) electrons. The van der Waals surface area contributed by atoms with Crippen LogP contribution in [0.25, 0.3) is 9.69 Å². The molecule has 0 aliphatic carbocycles. The lowest BCUT2D eigenvalue weighted by atomic mass is 10.2. The second-order valence-electron chi connectivity index (χ2n) is 4.73. The lowest BCUT2D eigenvalue weighted by Crippen LogP contribution is -2.21. The van der Waals surface area contributed by atoms with Gasteiger partial charge in [0.1, 0.15) is 0 Å². The number of benzene rings is 1. The summed E-state index contributed by atoms with van der Waals surface area (Å²) in [6.45, 7) is 20.2. The van der Waals surface area contributed by atoms with Crippen molar-refractivity contribution >= 4 is 29.0 Å². The topological polar surface area (TPSA) is 54.5 Å². The third kappa shape index (κ3) is 3.35. The third-order valence-corrected chi connectivity index (χ3v) is 3.47. The number of aromatic nitrogens is 2. The zero-order chi connectivity index (χ0) is 16.8. The molecule has 23 heavy (non-hydrogen) atoms. The van der Waals surface area contributed by atoms with Crippen LogP contribution in [0.1, 0.15) is 13.8 Å². The SMILES string of the molecule is [C-]#[N+]c1nc(N=Nc2ccc(N(CC)CC)cc2)n(C)c1[N+]#[C-]. The van der Waals surface area contributed by atoms with Crippen molar-refractivity contribution in [1.82, 2.24) is 9.55 Å². The van der Waals surface area contributed by atoms with Crippen molar-refractivity contribution < 1.29 is 0 Å². The van der Waals surface area contributed by atoms with Crippen molar-refractivity contribution in [2.24, 2.45) is 17.3 Å². The smallest absolute Gasteiger partial charge is 0.373 e. The number of nitrogens with zero attached hydrogens (tertiary/aromatic N) is 7. The Morgan fingerprint density at radius 2 is 1.74 bits per heavy atom. The van der Waals surface area contributed by atoms with Crippen molar-refractivity contribution in [3.05, 3.63) is 47.1 Å². The Kier molecular flexibility index (Phi) is 5.06. The first-order valence-electron chi connectivity index (χ1n) is 7.22. The van der Waals surface area contributed by atoms with Crippen molar-refractivity contribution in [1.29, 1.82) is 0 Å². The van der Waals surface area contributed by atoms with Gasteiger partial charge < -0.3 is 14.6 Å². The normalized spacial score (nSPS) is 10.5. The molecule has 0 aliphatic rings. The molecule has 7 heteroatoms. The first kappa shape index (κ1) is 16.2. The molecule has 7 nitrogen and oxygen atoms in total. The first-order valence-corrected chi connectivity index (χ1v) is 7.22. The number of hydrogen-bond donors (Lipinski definition) is 0. The second-order valence-corrected chi connectivity index (χ2v) is 4.73. The van der Waals surface area contributed by atoms with E-state index in [2.05, 4.69) is 43.6 Å². The van der Waals surface area contributed by atoms with E-state index in [0.717, 1.165) is 18.8 Å². The molecule has 0 unspecified atom stereocenters.